The van der Waals surface area contributed by atoms with E-state index in [-0.39, 0.29) is 18.4 Å². The van der Waals surface area contributed by atoms with E-state index in [1.165, 1.54) is 22.7 Å². The molecule has 13 heteroatoms. The molecule has 0 aliphatic heterocycles. The number of hydrazine groups is 1. The second-order valence-electron chi connectivity index (χ2n) is 7.36. The first-order valence-corrected chi connectivity index (χ1v) is 10.7. The van der Waals surface area contributed by atoms with Gasteiger partial charge in [-0.05, 0) is 37.6 Å². The highest BCUT2D eigenvalue weighted by Gasteiger charge is 2.31. The van der Waals surface area contributed by atoms with Crippen molar-refractivity contribution in [3.63, 3.8) is 0 Å². The number of urea groups is 1. The number of nitrogens with two attached hydrogens (primary N) is 2. The number of nitrogens with zero attached hydrogens (tertiary/aromatic N) is 4. The lowest BCUT2D eigenvalue weighted by atomic mass is 10.1. The third-order valence-electron chi connectivity index (χ3n) is 4.45. The fraction of sp³-hybridized carbons (Fsp3) is 0.300. The van der Waals surface area contributed by atoms with Crippen LogP contribution in [0.3, 0.4) is 0 Å². The van der Waals surface area contributed by atoms with Crippen LogP contribution in [0.4, 0.5) is 23.1 Å². The van der Waals surface area contributed by atoms with Crippen LogP contribution >= 0.6 is 11.3 Å². The number of rotatable bonds is 7. The van der Waals surface area contributed by atoms with Gasteiger partial charge < -0.3 is 11.1 Å². The molecule has 1 aromatic carbocycles. The molecule has 0 radical (unpaired) electrons. The normalized spacial score (nSPS) is 12.3. The number of anilines is 1. The Balaban J connectivity index is 1.63. The summed E-state index contributed by atoms with van der Waals surface area (Å²) in [6, 6.07) is 5.60. The van der Waals surface area contributed by atoms with Crippen LogP contribution in [-0.2, 0) is 6.18 Å². The predicted molar refractivity (Wildman–Crippen MR) is 122 cm³/mol. The first-order chi connectivity index (χ1) is 15.5. The van der Waals surface area contributed by atoms with Gasteiger partial charge in [0, 0.05) is 30.9 Å². The molecule has 0 saturated carbocycles. The molecule has 6 N–H and O–H groups in total. The number of hydrogen-bond acceptors (Lipinski definition) is 7. The van der Waals surface area contributed by atoms with E-state index in [1.807, 2.05) is 13.8 Å². The number of nitrogens with one attached hydrogen (secondary N) is 2. The number of amides is 2. The highest BCUT2D eigenvalue weighted by atomic mass is 32.1. The molecule has 3 aromatic rings. The number of aromatic nitrogens is 2. The number of benzene rings is 1. The number of halogens is 3. The predicted octanol–water partition coefficient (Wildman–Crippen LogP) is 3.75. The van der Waals surface area contributed by atoms with Gasteiger partial charge in [-0.2, -0.15) is 13.2 Å². The van der Waals surface area contributed by atoms with Crippen LogP contribution in [0.15, 0.2) is 41.8 Å². The van der Waals surface area contributed by atoms with Gasteiger partial charge in [-0.1, -0.05) is 17.4 Å². The van der Waals surface area contributed by atoms with Gasteiger partial charge in [-0.25, -0.2) is 20.7 Å². The van der Waals surface area contributed by atoms with E-state index in [0.29, 0.717) is 32.9 Å². The van der Waals surface area contributed by atoms with Gasteiger partial charge in [0.2, 0.25) is 0 Å². The molecule has 0 fully saturated rings. The van der Waals surface area contributed by atoms with Crippen LogP contribution in [0.5, 0.6) is 0 Å². The molecular weight excluding hydrogens is 457 g/mol. The molecule has 0 aliphatic carbocycles. The average molecular weight is 481 g/mol. The standard InChI is InChI=1S/C20H23F3N8OS/c1-11(2)31(25)30-17(24)5-6-27-18(32)29-19-28-15-4-3-12(8-16(15)33-19)13-7-14(10-26-9-13)20(21,22)23/h3-4,7-11H,5-6,25H2,1-2H3,(H2,24,30)(H2,27,28,29,32). The zero-order valence-corrected chi connectivity index (χ0v) is 18.7. The lowest BCUT2D eigenvalue weighted by Crippen LogP contribution is -2.36. The number of hydrazone groups is 1. The molecular formula is C20H23F3N8OS. The summed E-state index contributed by atoms with van der Waals surface area (Å²) in [6.07, 6.45) is -2.02. The third kappa shape index (κ3) is 6.52. The Bertz CT molecular complexity index is 1160. The molecule has 9 nitrogen and oxygen atoms in total. The topological polar surface area (TPSA) is 135 Å². The van der Waals surface area contributed by atoms with E-state index in [4.69, 9.17) is 11.6 Å². The number of hydrogen-bond donors (Lipinski definition) is 4. The summed E-state index contributed by atoms with van der Waals surface area (Å²) in [5.74, 6) is 5.95. The van der Waals surface area contributed by atoms with E-state index in [0.717, 1.165) is 12.3 Å². The van der Waals surface area contributed by atoms with E-state index < -0.39 is 17.8 Å². The highest BCUT2D eigenvalue weighted by Crippen LogP contribution is 2.34. The Kier molecular flexibility index (Phi) is 7.33. The van der Waals surface area contributed by atoms with Gasteiger partial charge in [0.05, 0.1) is 21.8 Å². The number of alkyl halides is 3. The molecule has 0 atom stereocenters. The summed E-state index contributed by atoms with van der Waals surface area (Å²) in [5, 5.41) is 10.9. The van der Waals surface area contributed by atoms with Crippen molar-refractivity contribution < 1.29 is 18.0 Å². The van der Waals surface area contributed by atoms with Crippen molar-refractivity contribution in [1.29, 1.82) is 0 Å². The van der Waals surface area contributed by atoms with Crippen molar-refractivity contribution in [3.05, 3.63) is 42.2 Å². The van der Waals surface area contributed by atoms with Gasteiger partial charge in [0.1, 0.15) is 5.84 Å². The van der Waals surface area contributed by atoms with Crippen LogP contribution in [0.1, 0.15) is 25.8 Å². The number of fused-ring (bicyclic) bond motifs is 1. The second kappa shape index (κ2) is 10.0. The fourth-order valence-electron chi connectivity index (χ4n) is 2.67. The fourth-order valence-corrected chi connectivity index (χ4v) is 3.57. The molecule has 2 heterocycles. The molecule has 0 unspecified atom stereocenters. The minimum atomic E-state index is -4.48. The van der Waals surface area contributed by atoms with Crippen molar-refractivity contribution in [2.24, 2.45) is 16.7 Å². The lowest BCUT2D eigenvalue weighted by Gasteiger charge is -2.17. The summed E-state index contributed by atoms with van der Waals surface area (Å²) in [5.41, 5.74) is 6.45. The molecule has 0 bridgehead atoms. The quantitative estimate of drug-likeness (QED) is 0.176. The van der Waals surface area contributed by atoms with E-state index >= 15 is 0 Å². The minimum absolute atomic E-state index is 0.01000. The van der Waals surface area contributed by atoms with E-state index in [1.54, 1.807) is 18.2 Å². The SMILES string of the molecule is CC(C)N(N)/N=C(\N)CCNC(=O)Nc1nc2ccc(-c3cncc(C(F)(F)F)c3)cc2s1. The third-order valence-corrected chi connectivity index (χ3v) is 5.38. The Morgan fingerprint density at radius 3 is 2.70 bits per heavy atom. The zero-order valence-electron chi connectivity index (χ0n) is 17.8. The molecule has 0 spiro atoms. The number of carbonyl (C=O) groups excluding carboxylic acids is 1. The molecule has 0 aliphatic rings. The Morgan fingerprint density at radius 2 is 2.00 bits per heavy atom. The van der Waals surface area contributed by atoms with Crippen molar-refractivity contribution in [3.8, 4) is 11.1 Å². The number of pyridine rings is 1. The number of amidine groups is 1. The molecule has 2 amide bonds. The zero-order chi connectivity index (χ0) is 24.2. The maximum absolute atomic E-state index is 13.0. The lowest BCUT2D eigenvalue weighted by molar-refractivity contribution is -0.137. The first-order valence-electron chi connectivity index (χ1n) is 9.88. The molecule has 0 saturated heterocycles. The van der Waals surface area contributed by atoms with Crippen LogP contribution in [0.2, 0.25) is 0 Å². The van der Waals surface area contributed by atoms with Crippen molar-refractivity contribution >= 4 is 38.6 Å². The van der Waals surface area contributed by atoms with E-state index in [9.17, 15) is 18.0 Å². The van der Waals surface area contributed by atoms with Crippen molar-refractivity contribution in [1.82, 2.24) is 20.4 Å². The van der Waals surface area contributed by atoms with Crippen LogP contribution < -0.4 is 22.2 Å². The number of thiazole rings is 1. The Morgan fingerprint density at radius 1 is 1.24 bits per heavy atom. The monoisotopic (exact) mass is 480 g/mol. The first kappa shape index (κ1) is 24.2. The van der Waals surface area contributed by atoms with Gasteiger partial charge in [0.25, 0.3) is 0 Å². The largest absolute Gasteiger partial charge is 0.417 e. The smallest absolute Gasteiger partial charge is 0.386 e. The summed E-state index contributed by atoms with van der Waals surface area (Å²) in [6.45, 7) is 3.96. The number of carbonyl (C=O) groups is 1. The van der Waals surface area contributed by atoms with Crippen molar-refractivity contribution in [2.75, 3.05) is 11.9 Å². The van der Waals surface area contributed by atoms with Crippen LogP contribution in [0.25, 0.3) is 21.3 Å². The van der Waals surface area contributed by atoms with Crippen LogP contribution in [0, 0.1) is 0 Å². The van der Waals surface area contributed by atoms with E-state index in [2.05, 4.69) is 25.7 Å². The van der Waals surface area contributed by atoms with Crippen molar-refractivity contribution in [2.45, 2.75) is 32.5 Å². The van der Waals surface area contributed by atoms with Gasteiger partial charge in [0.15, 0.2) is 5.13 Å². The maximum Gasteiger partial charge on any atom is 0.417 e. The molecule has 2 aromatic heterocycles. The average Bonchev–Trinajstić information content (AvgIpc) is 3.14. The van der Waals surface area contributed by atoms with Gasteiger partial charge in [-0.3, -0.25) is 10.3 Å². The Hall–Kier alpha value is -3.45. The second-order valence-corrected chi connectivity index (χ2v) is 8.39. The molecule has 176 valence electrons. The molecule has 33 heavy (non-hydrogen) atoms. The van der Waals surface area contributed by atoms with Gasteiger partial charge >= 0.3 is 12.2 Å². The molecule has 3 rings (SSSR count). The minimum Gasteiger partial charge on any atom is -0.386 e. The summed E-state index contributed by atoms with van der Waals surface area (Å²) < 4.78 is 39.6. The Labute approximate surface area is 191 Å². The maximum atomic E-state index is 13.0. The summed E-state index contributed by atoms with van der Waals surface area (Å²) >= 11 is 1.20. The summed E-state index contributed by atoms with van der Waals surface area (Å²) in [7, 11) is 0. The summed E-state index contributed by atoms with van der Waals surface area (Å²) in [4.78, 5) is 20.2. The highest BCUT2D eigenvalue weighted by molar-refractivity contribution is 7.22. The van der Waals surface area contributed by atoms with Crippen LogP contribution in [-0.4, -0.2) is 39.5 Å². The van der Waals surface area contributed by atoms with Gasteiger partial charge in [-0.15, -0.1) is 5.10 Å².